The van der Waals surface area contributed by atoms with Gasteiger partial charge in [0.05, 0.1) is 23.4 Å². The van der Waals surface area contributed by atoms with Gasteiger partial charge in [0.15, 0.2) is 5.78 Å². The summed E-state index contributed by atoms with van der Waals surface area (Å²) in [4.78, 5) is 29.6. The highest BCUT2D eigenvalue weighted by atomic mass is 16.3. The van der Waals surface area contributed by atoms with Crippen LogP contribution < -0.4 is 11.1 Å². The zero-order valence-electron chi connectivity index (χ0n) is 19.1. The molecule has 0 radical (unpaired) electrons. The Morgan fingerprint density at radius 2 is 1.94 bits per heavy atom. The first-order chi connectivity index (χ1) is 15.7. The van der Waals surface area contributed by atoms with Crippen molar-refractivity contribution in [3.05, 3.63) is 53.5 Å². The number of aromatic nitrogens is 2. The molecule has 2 aromatic heterocycles. The monoisotopic (exact) mass is 446 g/mol. The van der Waals surface area contributed by atoms with Gasteiger partial charge in [-0.3, -0.25) is 14.6 Å². The summed E-state index contributed by atoms with van der Waals surface area (Å²) in [6, 6.07) is 7.66. The molecular formula is C26H30N4O3. The predicted molar refractivity (Wildman–Crippen MR) is 128 cm³/mol. The number of ketones is 1. The first-order valence-corrected chi connectivity index (χ1v) is 11.6. The summed E-state index contributed by atoms with van der Waals surface area (Å²) in [5.74, 6) is -0.332. The van der Waals surface area contributed by atoms with Gasteiger partial charge in [0.1, 0.15) is 0 Å². The number of hydrogen-bond acceptors (Lipinski definition) is 5. The molecule has 0 atom stereocenters. The molecule has 0 bridgehead atoms. The van der Waals surface area contributed by atoms with Crippen molar-refractivity contribution in [1.29, 1.82) is 0 Å². The van der Waals surface area contributed by atoms with Crippen LogP contribution in [0.5, 0.6) is 0 Å². The molecule has 3 aromatic rings. The molecule has 0 aliphatic heterocycles. The van der Waals surface area contributed by atoms with Gasteiger partial charge < -0.3 is 20.7 Å². The number of benzene rings is 1. The molecule has 1 aromatic carbocycles. The number of primary amides is 1. The van der Waals surface area contributed by atoms with Crippen LogP contribution >= 0.6 is 0 Å². The average Bonchev–Trinajstić information content (AvgIpc) is 3.08. The third kappa shape index (κ3) is 3.91. The van der Waals surface area contributed by atoms with Crippen molar-refractivity contribution in [3.8, 4) is 5.69 Å². The van der Waals surface area contributed by atoms with Gasteiger partial charge in [0, 0.05) is 46.7 Å². The van der Waals surface area contributed by atoms with Crippen molar-refractivity contribution < 1.29 is 14.7 Å². The van der Waals surface area contributed by atoms with Gasteiger partial charge in [-0.15, -0.1) is 0 Å². The zero-order valence-corrected chi connectivity index (χ0v) is 19.1. The molecule has 2 aliphatic carbocycles. The highest BCUT2D eigenvalue weighted by Crippen LogP contribution is 2.41. The van der Waals surface area contributed by atoms with Gasteiger partial charge in [-0.25, -0.2) is 0 Å². The Bertz CT molecular complexity index is 1250. The molecule has 4 N–H and O–H groups in total. The van der Waals surface area contributed by atoms with Crippen LogP contribution in [0, 0.1) is 5.41 Å². The number of anilines is 1. The second-order valence-electron chi connectivity index (χ2n) is 10.2. The Kier molecular flexibility index (Phi) is 5.24. The van der Waals surface area contributed by atoms with E-state index in [0.29, 0.717) is 17.7 Å². The van der Waals surface area contributed by atoms with Crippen molar-refractivity contribution in [1.82, 2.24) is 9.55 Å². The van der Waals surface area contributed by atoms with Crippen LogP contribution in [0.3, 0.4) is 0 Å². The highest BCUT2D eigenvalue weighted by molar-refractivity contribution is 6.11. The molecule has 5 rings (SSSR count). The van der Waals surface area contributed by atoms with Crippen LogP contribution in [0.25, 0.3) is 16.6 Å². The summed E-state index contributed by atoms with van der Waals surface area (Å²) in [7, 11) is 0. The molecule has 33 heavy (non-hydrogen) atoms. The Morgan fingerprint density at radius 3 is 2.67 bits per heavy atom. The van der Waals surface area contributed by atoms with E-state index in [4.69, 9.17) is 5.73 Å². The summed E-state index contributed by atoms with van der Waals surface area (Å²) < 4.78 is 2.11. The molecular weight excluding hydrogens is 416 g/mol. The number of hydrogen-bond donors (Lipinski definition) is 3. The fraction of sp³-hybridized carbons (Fsp3) is 0.423. The second-order valence-corrected chi connectivity index (χ2v) is 10.2. The van der Waals surface area contributed by atoms with Crippen LogP contribution in [-0.4, -0.2) is 38.5 Å². The lowest BCUT2D eigenvalue weighted by molar-refractivity contribution is 0.0911. The number of carbonyl (C=O) groups excluding carboxylic acids is 2. The normalized spacial score (nSPS) is 22.2. The fourth-order valence-electron chi connectivity index (χ4n) is 5.45. The molecule has 7 heteroatoms. The first-order valence-electron chi connectivity index (χ1n) is 11.6. The maximum atomic E-state index is 13.1. The molecule has 0 spiro atoms. The van der Waals surface area contributed by atoms with Gasteiger partial charge in [-0.05, 0) is 61.8 Å². The number of Topliss-reactive ketones (excluding diaryl/α,β-unsaturated/α-hetero) is 1. The van der Waals surface area contributed by atoms with Gasteiger partial charge in [0.2, 0.25) is 0 Å². The molecule has 7 nitrogen and oxygen atoms in total. The molecule has 1 saturated carbocycles. The number of amides is 1. The third-order valence-electron chi connectivity index (χ3n) is 7.02. The largest absolute Gasteiger partial charge is 0.393 e. The number of rotatable bonds is 4. The van der Waals surface area contributed by atoms with Crippen LogP contribution in [0.2, 0.25) is 0 Å². The average molecular weight is 447 g/mol. The number of nitrogens with two attached hydrogens (primary N) is 1. The Morgan fingerprint density at radius 1 is 1.18 bits per heavy atom. The summed E-state index contributed by atoms with van der Waals surface area (Å²) in [5.41, 5.74) is 10.2. The van der Waals surface area contributed by atoms with Crippen molar-refractivity contribution >= 4 is 28.3 Å². The molecule has 172 valence electrons. The number of aliphatic hydroxyl groups is 1. The van der Waals surface area contributed by atoms with Crippen LogP contribution in [-0.2, 0) is 6.42 Å². The van der Waals surface area contributed by atoms with E-state index in [1.165, 1.54) is 0 Å². The first kappa shape index (κ1) is 21.6. The number of aliphatic hydroxyl groups excluding tert-OH is 1. The van der Waals surface area contributed by atoms with Crippen LogP contribution in [0.15, 0.2) is 36.7 Å². The van der Waals surface area contributed by atoms with Gasteiger partial charge in [-0.2, -0.15) is 0 Å². The third-order valence-corrected chi connectivity index (χ3v) is 7.02. The van der Waals surface area contributed by atoms with Crippen LogP contribution in [0.4, 0.5) is 5.69 Å². The maximum absolute atomic E-state index is 13.1. The smallest absolute Gasteiger partial charge is 0.250 e. The number of carbonyl (C=O) groups is 2. The number of nitrogens with one attached hydrogen (secondary N) is 1. The number of fused-ring (bicyclic) bond motifs is 3. The quantitative estimate of drug-likeness (QED) is 0.561. The SMILES string of the molecule is CC1(C)CC(=O)c2c(n(-c3ccc(C(N)=O)c(NC4CCC(O)CC4)c3)c3cnccc23)C1. The van der Waals surface area contributed by atoms with E-state index < -0.39 is 5.91 Å². The van der Waals surface area contributed by atoms with E-state index in [9.17, 15) is 14.7 Å². The zero-order chi connectivity index (χ0) is 23.3. The molecule has 1 fully saturated rings. The van der Waals surface area contributed by atoms with E-state index in [-0.39, 0.29) is 23.3 Å². The molecule has 0 saturated heterocycles. The van der Waals surface area contributed by atoms with Crippen molar-refractivity contribution in [2.24, 2.45) is 11.1 Å². The summed E-state index contributed by atoms with van der Waals surface area (Å²) in [6.07, 6.45) is 7.69. The molecule has 1 amide bonds. The number of nitrogens with zero attached hydrogens (tertiary/aromatic N) is 2. The highest BCUT2D eigenvalue weighted by Gasteiger charge is 2.36. The van der Waals surface area contributed by atoms with Gasteiger partial charge >= 0.3 is 0 Å². The Balaban J connectivity index is 1.65. The predicted octanol–water partition coefficient (Wildman–Crippen LogP) is 3.99. The second kappa shape index (κ2) is 7.99. The summed E-state index contributed by atoms with van der Waals surface area (Å²) in [5, 5.41) is 14.3. The molecule has 0 unspecified atom stereocenters. The summed E-state index contributed by atoms with van der Waals surface area (Å²) >= 11 is 0. The lowest BCUT2D eigenvalue weighted by Gasteiger charge is -2.30. The fourth-order valence-corrected chi connectivity index (χ4v) is 5.45. The van der Waals surface area contributed by atoms with Crippen molar-refractivity contribution in [2.75, 3.05) is 5.32 Å². The summed E-state index contributed by atoms with van der Waals surface area (Å²) in [6.45, 7) is 4.24. The van der Waals surface area contributed by atoms with E-state index in [1.807, 2.05) is 18.2 Å². The minimum Gasteiger partial charge on any atom is -0.393 e. The Hall–Kier alpha value is -3.19. The topological polar surface area (TPSA) is 110 Å². The van der Waals surface area contributed by atoms with Crippen molar-refractivity contribution in [3.63, 3.8) is 0 Å². The van der Waals surface area contributed by atoms with E-state index in [0.717, 1.165) is 60.0 Å². The minimum absolute atomic E-state index is 0.138. The molecule has 2 heterocycles. The Labute approximate surface area is 193 Å². The van der Waals surface area contributed by atoms with Crippen molar-refractivity contribution in [2.45, 2.75) is 64.5 Å². The van der Waals surface area contributed by atoms with E-state index in [2.05, 4.69) is 28.7 Å². The van der Waals surface area contributed by atoms with E-state index in [1.54, 1.807) is 18.5 Å². The lowest BCUT2D eigenvalue weighted by Crippen LogP contribution is -2.29. The molecule has 2 aliphatic rings. The van der Waals surface area contributed by atoms with E-state index >= 15 is 0 Å². The van der Waals surface area contributed by atoms with Gasteiger partial charge in [0.25, 0.3) is 5.91 Å². The lowest BCUT2D eigenvalue weighted by atomic mass is 9.75. The van der Waals surface area contributed by atoms with Crippen LogP contribution in [0.1, 0.15) is 72.4 Å². The maximum Gasteiger partial charge on any atom is 0.250 e. The standard InChI is InChI=1S/C26H30N4O3/c1-26(2)12-21-24(23(32)13-26)19-9-10-28-14-22(19)30(21)16-5-8-18(25(27)33)20(11-16)29-15-3-6-17(31)7-4-15/h5,8-11,14-15,17,29,31H,3-4,6-7,12-13H2,1-2H3,(H2,27,33). The minimum atomic E-state index is -0.489. The number of pyridine rings is 1. The van der Waals surface area contributed by atoms with Gasteiger partial charge in [-0.1, -0.05) is 13.8 Å².